The second-order valence-electron chi connectivity index (χ2n) is 3.02. The zero-order chi connectivity index (χ0) is 9.14. The molecule has 0 saturated carbocycles. The van der Waals surface area contributed by atoms with Crippen LogP contribution in [0.3, 0.4) is 0 Å². The fraction of sp³-hybridized carbons (Fsp3) is 0.875. The molecule has 4 heteroatoms. The Balaban J connectivity index is 2.35. The molecular weight excluding hydrogens is 176 g/mol. The Morgan fingerprint density at radius 2 is 2.42 bits per heavy atom. The molecule has 0 bridgehead atoms. The molecule has 1 heterocycles. The summed E-state index contributed by atoms with van der Waals surface area (Å²) in [6.07, 6.45) is 0.431. The van der Waals surface area contributed by atoms with Gasteiger partial charge in [0.25, 0.3) is 0 Å². The van der Waals surface area contributed by atoms with Crippen molar-refractivity contribution in [2.24, 2.45) is 0 Å². The molecule has 1 saturated heterocycles. The van der Waals surface area contributed by atoms with Crippen molar-refractivity contribution in [1.29, 1.82) is 0 Å². The van der Waals surface area contributed by atoms with Crippen molar-refractivity contribution in [2.75, 3.05) is 5.75 Å². The fourth-order valence-electron chi connectivity index (χ4n) is 1.21. The maximum absolute atomic E-state index is 10.5. The van der Waals surface area contributed by atoms with E-state index in [2.05, 4.69) is 6.92 Å². The van der Waals surface area contributed by atoms with Crippen molar-refractivity contribution in [3.63, 3.8) is 0 Å². The number of aliphatic carboxylic acids is 1. The van der Waals surface area contributed by atoms with E-state index in [0.29, 0.717) is 5.25 Å². The second kappa shape index (κ2) is 4.14. The predicted molar refractivity (Wildman–Crippen MR) is 48.5 cm³/mol. The van der Waals surface area contributed by atoms with E-state index in [-0.39, 0.29) is 6.10 Å². The van der Waals surface area contributed by atoms with Crippen LogP contribution in [0.15, 0.2) is 0 Å². The molecule has 3 nitrogen and oxygen atoms in total. The first-order chi connectivity index (χ1) is 5.61. The largest absolute Gasteiger partial charge is 0.479 e. The van der Waals surface area contributed by atoms with Gasteiger partial charge in [-0.2, -0.15) is 11.8 Å². The van der Waals surface area contributed by atoms with Crippen LogP contribution in [-0.4, -0.2) is 34.3 Å². The molecule has 3 unspecified atom stereocenters. The van der Waals surface area contributed by atoms with Gasteiger partial charge in [0, 0.05) is 5.25 Å². The molecule has 0 radical (unpaired) electrons. The Bertz CT molecular complexity index is 172. The minimum atomic E-state index is -0.876. The Kier molecular flexibility index (Phi) is 3.40. The first-order valence-electron chi connectivity index (χ1n) is 4.11. The summed E-state index contributed by atoms with van der Waals surface area (Å²) in [5, 5.41) is 9.03. The minimum Gasteiger partial charge on any atom is -0.479 e. The quantitative estimate of drug-likeness (QED) is 0.730. The highest BCUT2D eigenvalue weighted by molar-refractivity contribution is 8.00. The van der Waals surface area contributed by atoms with Crippen LogP contribution in [0, 0.1) is 0 Å². The standard InChI is InChI=1S/C8H14O3S/c1-5(8(9)10)11-7-3-4-12-6(7)2/h5-7H,3-4H2,1-2H3,(H,9,10). The van der Waals surface area contributed by atoms with Crippen LogP contribution < -0.4 is 0 Å². The van der Waals surface area contributed by atoms with Gasteiger partial charge in [-0.15, -0.1) is 0 Å². The molecule has 1 N–H and O–H groups in total. The molecule has 1 rings (SSSR count). The number of carbonyl (C=O) groups is 1. The van der Waals surface area contributed by atoms with Crippen molar-refractivity contribution in [1.82, 2.24) is 0 Å². The average molecular weight is 190 g/mol. The normalized spacial score (nSPS) is 31.8. The van der Waals surface area contributed by atoms with E-state index >= 15 is 0 Å². The summed E-state index contributed by atoms with van der Waals surface area (Å²) < 4.78 is 5.36. The van der Waals surface area contributed by atoms with E-state index in [1.165, 1.54) is 0 Å². The van der Waals surface area contributed by atoms with Gasteiger partial charge in [-0.3, -0.25) is 0 Å². The lowest BCUT2D eigenvalue weighted by Crippen LogP contribution is -2.29. The maximum Gasteiger partial charge on any atom is 0.332 e. The fourth-order valence-corrected chi connectivity index (χ4v) is 2.37. The van der Waals surface area contributed by atoms with Crippen molar-refractivity contribution >= 4 is 17.7 Å². The Hall–Kier alpha value is -0.220. The monoisotopic (exact) mass is 190 g/mol. The Morgan fingerprint density at radius 1 is 1.75 bits per heavy atom. The van der Waals surface area contributed by atoms with Crippen LogP contribution in [0.25, 0.3) is 0 Å². The number of carboxylic acid groups (broad SMARTS) is 1. The first-order valence-corrected chi connectivity index (χ1v) is 5.16. The Morgan fingerprint density at radius 3 is 2.83 bits per heavy atom. The summed E-state index contributed by atoms with van der Waals surface area (Å²) in [5.41, 5.74) is 0. The molecule has 0 aromatic carbocycles. The lowest BCUT2D eigenvalue weighted by molar-refractivity contribution is -0.152. The highest BCUT2D eigenvalue weighted by Crippen LogP contribution is 2.29. The minimum absolute atomic E-state index is 0.126. The lowest BCUT2D eigenvalue weighted by Gasteiger charge is -2.18. The van der Waals surface area contributed by atoms with Crippen molar-refractivity contribution in [3.8, 4) is 0 Å². The summed E-state index contributed by atoms with van der Waals surface area (Å²) in [5.74, 6) is 0.206. The number of ether oxygens (including phenoxy) is 1. The number of hydrogen-bond donors (Lipinski definition) is 1. The van der Waals surface area contributed by atoms with Gasteiger partial charge in [0.05, 0.1) is 6.10 Å². The second-order valence-corrected chi connectivity index (χ2v) is 4.50. The summed E-state index contributed by atoms with van der Waals surface area (Å²) in [7, 11) is 0. The summed E-state index contributed by atoms with van der Waals surface area (Å²) in [6.45, 7) is 3.66. The zero-order valence-corrected chi connectivity index (χ0v) is 8.13. The van der Waals surface area contributed by atoms with Crippen molar-refractivity contribution in [2.45, 2.75) is 37.7 Å². The molecule has 0 spiro atoms. The third kappa shape index (κ3) is 2.38. The highest BCUT2D eigenvalue weighted by Gasteiger charge is 2.28. The number of thioether (sulfide) groups is 1. The van der Waals surface area contributed by atoms with E-state index in [1.54, 1.807) is 6.92 Å². The third-order valence-electron chi connectivity index (χ3n) is 2.03. The predicted octanol–water partition coefficient (Wildman–Crippen LogP) is 1.37. The molecule has 0 aliphatic carbocycles. The average Bonchev–Trinajstić information content (AvgIpc) is 2.36. The highest BCUT2D eigenvalue weighted by atomic mass is 32.2. The number of carboxylic acids is 1. The van der Waals surface area contributed by atoms with Crippen LogP contribution in [0.2, 0.25) is 0 Å². The van der Waals surface area contributed by atoms with Gasteiger partial charge in [-0.25, -0.2) is 4.79 Å². The van der Waals surface area contributed by atoms with Gasteiger partial charge >= 0.3 is 5.97 Å². The first kappa shape index (κ1) is 9.86. The van der Waals surface area contributed by atoms with Gasteiger partial charge in [-0.1, -0.05) is 6.92 Å². The zero-order valence-electron chi connectivity index (χ0n) is 7.32. The van der Waals surface area contributed by atoms with Crippen molar-refractivity contribution < 1.29 is 14.6 Å². The van der Waals surface area contributed by atoms with Crippen LogP contribution in [0.4, 0.5) is 0 Å². The summed E-state index contributed by atoms with van der Waals surface area (Å²) >= 11 is 1.84. The molecule has 0 aromatic rings. The van der Waals surface area contributed by atoms with Crippen LogP contribution >= 0.6 is 11.8 Å². The van der Waals surface area contributed by atoms with Crippen LogP contribution in [0.1, 0.15) is 20.3 Å². The topological polar surface area (TPSA) is 46.5 Å². The Labute approximate surface area is 76.5 Å². The molecule has 1 aliphatic rings. The number of hydrogen-bond acceptors (Lipinski definition) is 3. The van der Waals surface area contributed by atoms with Gasteiger partial charge < -0.3 is 9.84 Å². The maximum atomic E-state index is 10.5. The van der Waals surface area contributed by atoms with Gasteiger partial charge in [-0.05, 0) is 19.1 Å². The van der Waals surface area contributed by atoms with Crippen LogP contribution in [-0.2, 0) is 9.53 Å². The lowest BCUT2D eigenvalue weighted by atomic mass is 10.2. The molecule has 1 aliphatic heterocycles. The SMILES string of the molecule is CC(OC1CCSC1C)C(=O)O. The molecule has 0 amide bonds. The molecule has 0 aromatic heterocycles. The summed E-state index contributed by atoms with van der Waals surface area (Å²) in [6, 6.07) is 0. The molecular formula is C8H14O3S. The summed E-state index contributed by atoms with van der Waals surface area (Å²) in [4.78, 5) is 10.5. The third-order valence-corrected chi connectivity index (χ3v) is 3.33. The van der Waals surface area contributed by atoms with E-state index in [4.69, 9.17) is 9.84 Å². The van der Waals surface area contributed by atoms with E-state index in [1.807, 2.05) is 11.8 Å². The van der Waals surface area contributed by atoms with Gasteiger partial charge in [0.2, 0.25) is 0 Å². The molecule has 70 valence electrons. The molecule has 1 fully saturated rings. The van der Waals surface area contributed by atoms with Crippen molar-refractivity contribution in [3.05, 3.63) is 0 Å². The van der Waals surface area contributed by atoms with Gasteiger partial charge in [0.15, 0.2) is 6.10 Å². The molecule has 3 atom stereocenters. The smallest absolute Gasteiger partial charge is 0.332 e. The van der Waals surface area contributed by atoms with Crippen LogP contribution in [0.5, 0.6) is 0 Å². The molecule has 12 heavy (non-hydrogen) atoms. The van der Waals surface area contributed by atoms with E-state index < -0.39 is 12.1 Å². The van der Waals surface area contributed by atoms with E-state index in [9.17, 15) is 4.79 Å². The van der Waals surface area contributed by atoms with E-state index in [0.717, 1.165) is 12.2 Å². The van der Waals surface area contributed by atoms with Gasteiger partial charge in [0.1, 0.15) is 0 Å². The number of rotatable bonds is 3.